The number of H-pyrrole nitrogens is 1. The van der Waals surface area contributed by atoms with Gasteiger partial charge in [-0.15, -0.1) is 0 Å². The first-order valence-corrected chi connectivity index (χ1v) is 10.8. The third-order valence-electron chi connectivity index (χ3n) is 5.46. The molecule has 1 amide bonds. The van der Waals surface area contributed by atoms with Crippen molar-refractivity contribution in [1.82, 2.24) is 14.9 Å². The average molecular weight is 472 g/mol. The lowest BCUT2D eigenvalue weighted by Gasteiger charge is -2.11. The van der Waals surface area contributed by atoms with Crippen LogP contribution in [-0.4, -0.2) is 43.9 Å². The van der Waals surface area contributed by atoms with Crippen molar-refractivity contribution in [3.05, 3.63) is 56.7 Å². The maximum atomic E-state index is 12.9. The number of aromatic nitrogens is 2. The van der Waals surface area contributed by atoms with Gasteiger partial charge in [0.1, 0.15) is 0 Å². The van der Waals surface area contributed by atoms with Gasteiger partial charge in [-0.3, -0.25) is 14.2 Å². The summed E-state index contributed by atoms with van der Waals surface area (Å²) in [7, 11) is 6.07. The van der Waals surface area contributed by atoms with Gasteiger partial charge in [-0.2, -0.15) is 0 Å². The highest BCUT2D eigenvalue weighted by Crippen LogP contribution is 2.29. The summed E-state index contributed by atoms with van der Waals surface area (Å²) in [6.07, 6.45) is 1.29. The molecule has 0 spiro atoms. The Morgan fingerprint density at radius 1 is 0.882 bits per heavy atom. The maximum absolute atomic E-state index is 12.9. The first-order chi connectivity index (χ1) is 16.4. The van der Waals surface area contributed by atoms with Gasteiger partial charge < -0.3 is 29.2 Å². The number of amides is 1. The van der Waals surface area contributed by atoms with E-state index in [1.165, 1.54) is 14.2 Å². The molecule has 0 aliphatic heterocycles. The van der Waals surface area contributed by atoms with Gasteiger partial charge in [0.25, 0.3) is 5.56 Å². The number of carbonyl (C=O) groups excluding carboxylic acids is 1. The number of carbonyl (C=O) groups is 1. The van der Waals surface area contributed by atoms with Crippen LogP contribution in [0.5, 0.6) is 23.0 Å². The molecule has 0 saturated heterocycles. The van der Waals surface area contributed by atoms with E-state index in [1.54, 1.807) is 32.4 Å². The maximum Gasteiger partial charge on any atom is 0.328 e. The van der Waals surface area contributed by atoms with E-state index in [0.29, 0.717) is 53.3 Å². The lowest BCUT2D eigenvalue weighted by atomic mass is 10.2. The first-order valence-electron chi connectivity index (χ1n) is 10.8. The predicted octanol–water partition coefficient (Wildman–Crippen LogP) is 2.21. The van der Waals surface area contributed by atoms with E-state index in [2.05, 4.69) is 10.3 Å². The molecule has 0 saturated carbocycles. The number of hydrogen-bond donors (Lipinski definition) is 2. The Hall–Kier alpha value is -3.95. The number of fused-ring (bicyclic) bond motifs is 1. The minimum atomic E-state index is -0.511. The monoisotopic (exact) mass is 471 g/mol. The summed E-state index contributed by atoms with van der Waals surface area (Å²) in [5.41, 5.74) is 0.325. The molecule has 3 aromatic rings. The quantitative estimate of drug-likeness (QED) is 0.411. The molecule has 0 fully saturated rings. The van der Waals surface area contributed by atoms with E-state index in [4.69, 9.17) is 18.9 Å². The molecular weight excluding hydrogens is 442 g/mol. The lowest BCUT2D eigenvalue weighted by Crippen LogP contribution is -2.35. The van der Waals surface area contributed by atoms with Crippen molar-refractivity contribution in [1.29, 1.82) is 0 Å². The van der Waals surface area contributed by atoms with Gasteiger partial charge in [-0.1, -0.05) is 6.07 Å². The summed E-state index contributed by atoms with van der Waals surface area (Å²) in [4.78, 5) is 40.2. The second kappa shape index (κ2) is 11.3. The van der Waals surface area contributed by atoms with Gasteiger partial charge in [-0.05, 0) is 36.6 Å². The van der Waals surface area contributed by atoms with E-state index in [1.807, 2.05) is 12.1 Å². The fourth-order valence-corrected chi connectivity index (χ4v) is 3.62. The zero-order chi connectivity index (χ0) is 24.7. The third-order valence-corrected chi connectivity index (χ3v) is 5.46. The normalized spacial score (nSPS) is 10.7. The fourth-order valence-electron chi connectivity index (χ4n) is 3.62. The molecule has 1 heterocycles. The van der Waals surface area contributed by atoms with Crippen LogP contribution in [0.25, 0.3) is 10.9 Å². The van der Waals surface area contributed by atoms with E-state index in [-0.39, 0.29) is 18.9 Å². The molecule has 0 radical (unpaired) electrons. The van der Waals surface area contributed by atoms with E-state index in [9.17, 15) is 14.4 Å². The van der Waals surface area contributed by atoms with E-state index in [0.717, 1.165) is 10.1 Å². The Balaban J connectivity index is 1.57. The summed E-state index contributed by atoms with van der Waals surface area (Å²) < 4.78 is 22.1. The molecule has 0 aliphatic carbocycles. The van der Waals surface area contributed by atoms with Crippen LogP contribution in [0.3, 0.4) is 0 Å². The van der Waals surface area contributed by atoms with Crippen LogP contribution in [0.2, 0.25) is 0 Å². The molecule has 10 nitrogen and oxygen atoms in total. The standard InChI is InChI=1S/C24H29N3O7/c1-31-18-9-8-15(11-19(18)32-2)14-25-22(28)7-5-6-10-27-23(29)16-12-20(33-3)21(34-4)13-17(16)26-24(27)30/h8-9,11-13H,5-7,10,14H2,1-4H3,(H,25,28)(H,26,30). The van der Waals surface area contributed by atoms with Crippen molar-refractivity contribution in [2.45, 2.75) is 32.4 Å². The molecule has 0 atom stereocenters. The van der Waals surface area contributed by atoms with Crippen LogP contribution in [-0.2, 0) is 17.9 Å². The zero-order valence-corrected chi connectivity index (χ0v) is 19.7. The van der Waals surface area contributed by atoms with Crippen molar-refractivity contribution < 1.29 is 23.7 Å². The topological polar surface area (TPSA) is 121 Å². The number of aromatic amines is 1. The Bertz CT molecular complexity index is 1280. The van der Waals surface area contributed by atoms with Gasteiger partial charge in [0.2, 0.25) is 5.91 Å². The number of rotatable bonds is 11. The predicted molar refractivity (Wildman–Crippen MR) is 127 cm³/mol. The lowest BCUT2D eigenvalue weighted by molar-refractivity contribution is -0.121. The molecule has 1 aromatic heterocycles. The highest BCUT2D eigenvalue weighted by Gasteiger charge is 2.13. The Morgan fingerprint density at radius 2 is 1.53 bits per heavy atom. The largest absolute Gasteiger partial charge is 0.493 e. The molecule has 2 aromatic carbocycles. The third kappa shape index (κ3) is 5.51. The van der Waals surface area contributed by atoms with Crippen LogP contribution in [0.1, 0.15) is 24.8 Å². The fraction of sp³-hybridized carbons (Fsp3) is 0.375. The van der Waals surface area contributed by atoms with Gasteiger partial charge >= 0.3 is 5.69 Å². The summed E-state index contributed by atoms with van der Waals surface area (Å²) in [6.45, 7) is 0.551. The second-order valence-electron chi connectivity index (χ2n) is 7.56. The van der Waals surface area contributed by atoms with E-state index < -0.39 is 11.2 Å². The van der Waals surface area contributed by atoms with Crippen molar-refractivity contribution in [3.63, 3.8) is 0 Å². The number of nitrogens with one attached hydrogen (secondary N) is 2. The number of benzene rings is 2. The first kappa shape index (κ1) is 24.7. The molecule has 0 unspecified atom stereocenters. The molecule has 3 rings (SSSR count). The number of methoxy groups -OCH3 is 4. The summed E-state index contributed by atoms with van der Waals surface area (Å²) >= 11 is 0. The number of unbranched alkanes of at least 4 members (excludes halogenated alkanes) is 1. The number of hydrogen-bond acceptors (Lipinski definition) is 7. The SMILES string of the molecule is COc1ccc(CNC(=O)CCCCn2c(=O)[nH]c3cc(OC)c(OC)cc3c2=O)cc1OC. The van der Waals surface area contributed by atoms with E-state index >= 15 is 0 Å². The van der Waals surface area contributed by atoms with Gasteiger partial charge in [0, 0.05) is 25.6 Å². The van der Waals surface area contributed by atoms with Gasteiger partial charge in [-0.25, -0.2) is 4.79 Å². The van der Waals surface area contributed by atoms with Crippen molar-refractivity contribution >= 4 is 16.8 Å². The van der Waals surface area contributed by atoms with Crippen LogP contribution in [0.4, 0.5) is 0 Å². The molecule has 34 heavy (non-hydrogen) atoms. The molecule has 0 bridgehead atoms. The number of nitrogens with zero attached hydrogens (tertiary/aromatic N) is 1. The molecule has 10 heteroatoms. The van der Waals surface area contributed by atoms with Crippen LogP contribution >= 0.6 is 0 Å². The summed E-state index contributed by atoms with van der Waals surface area (Å²) in [5, 5.41) is 3.18. The molecule has 0 aliphatic rings. The Morgan fingerprint density at radius 3 is 2.21 bits per heavy atom. The average Bonchev–Trinajstić information content (AvgIpc) is 2.85. The highest BCUT2D eigenvalue weighted by atomic mass is 16.5. The highest BCUT2D eigenvalue weighted by molar-refractivity contribution is 5.81. The van der Waals surface area contributed by atoms with Crippen molar-refractivity contribution in [2.75, 3.05) is 28.4 Å². The smallest absolute Gasteiger partial charge is 0.328 e. The van der Waals surface area contributed by atoms with Gasteiger partial charge in [0.05, 0.1) is 39.3 Å². The van der Waals surface area contributed by atoms with Crippen LogP contribution in [0.15, 0.2) is 39.9 Å². The second-order valence-corrected chi connectivity index (χ2v) is 7.56. The molecule has 182 valence electrons. The Labute approximate surface area is 196 Å². The van der Waals surface area contributed by atoms with Crippen LogP contribution < -0.4 is 35.5 Å². The Kier molecular flexibility index (Phi) is 8.18. The minimum absolute atomic E-state index is 0.119. The summed E-state index contributed by atoms with van der Waals surface area (Å²) in [5.74, 6) is 1.91. The number of ether oxygens (including phenoxy) is 4. The van der Waals surface area contributed by atoms with Crippen LogP contribution in [0, 0.1) is 0 Å². The molecule has 2 N–H and O–H groups in total. The van der Waals surface area contributed by atoms with Crippen molar-refractivity contribution in [3.8, 4) is 23.0 Å². The zero-order valence-electron chi connectivity index (χ0n) is 19.7. The minimum Gasteiger partial charge on any atom is -0.493 e. The molecular formula is C24H29N3O7. The van der Waals surface area contributed by atoms with Crippen molar-refractivity contribution in [2.24, 2.45) is 0 Å². The van der Waals surface area contributed by atoms with Gasteiger partial charge in [0.15, 0.2) is 23.0 Å². The summed E-state index contributed by atoms with van der Waals surface area (Å²) in [6, 6.07) is 8.55.